The lowest BCUT2D eigenvalue weighted by Gasteiger charge is -2.04. The quantitative estimate of drug-likeness (QED) is 0.555. The highest BCUT2D eigenvalue weighted by Gasteiger charge is 2.02. The van der Waals surface area contributed by atoms with Crippen LogP contribution >= 0.6 is 0 Å². The summed E-state index contributed by atoms with van der Waals surface area (Å²) in [5.74, 6) is -0.0991. The van der Waals surface area contributed by atoms with Gasteiger partial charge in [0.15, 0.2) is 0 Å². The number of unbranched alkanes of at least 4 members (excludes halogenated alkanes) is 2. The van der Waals surface area contributed by atoms with E-state index in [9.17, 15) is 4.79 Å². The zero-order valence-electron chi connectivity index (χ0n) is 10.2. The topological polar surface area (TPSA) is 52.3 Å². The van der Waals surface area contributed by atoms with E-state index in [2.05, 4.69) is 0 Å². The minimum absolute atomic E-state index is 0.0991. The molecule has 3 nitrogen and oxygen atoms in total. The summed E-state index contributed by atoms with van der Waals surface area (Å²) in [7, 11) is 0. The third-order valence-electron chi connectivity index (χ3n) is 2.58. The highest BCUT2D eigenvalue weighted by atomic mass is 16.5. The predicted octanol–water partition coefficient (Wildman–Crippen LogP) is 2.29. The first-order valence-electron chi connectivity index (χ1n) is 6.22. The van der Waals surface area contributed by atoms with Crippen LogP contribution < -0.4 is 5.73 Å². The fourth-order valence-electron chi connectivity index (χ4n) is 1.59. The maximum Gasteiger partial charge on any atom is 0.305 e. The largest absolute Gasteiger partial charge is 0.465 e. The summed E-state index contributed by atoms with van der Waals surface area (Å²) in [6.07, 6.45) is 4.16. The highest BCUT2D eigenvalue weighted by Crippen LogP contribution is 2.03. The number of nitrogens with two attached hydrogens (primary N) is 1. The van der Waals surface area contributed by atoms with Gasteiger partial charge in [-0.2, -0.15) is 0 Å². The molecule has 0 amide bonds. The van der Waals surface area contributed by atoms with Crippen LogP contribution in [0.3, 0.4) is 0 Å². The lowest BCUT2D eigenvalue weighted by molar-refractivity contribution is -0.143. The minimum atomic E-state index is -0.0991. The average Bonchev–Trinajstić information content (AvgIpc) is 2.36. The van der Waals surface area contributed by atoms with Crippen LogP contribution in [0, 0.1) is 0 Å². The summed E-state index contributed by atoms with van der Waals surface area (Å²) in [5.41, 5.74) is 6.57. The second kappa shape index (κ2) is 8.76. The van der Waals surface area contributed by atoms with Gasteiger partial charge in [0.2, 0.25) is 0 Å². The van der Waals surface area contributed by atoms with E-state index in [4.69, 9.17) is 10.5 Å². The van der Waals surface area contributed by atoms with E-state index >= 15 is 0 Å². The van der Waals surface area contributed by atoms with Crippen molar-refractivity contribution in [1.29, 1.82) is 0 Å². The SMILES string of the molecule is NCCCCCC(=O)OCCc1ccccc1. The fourth-order valence-corrected chi connectivity index (χ4v) is 1.59. The number of hydrogen-bond donors (Lipinski definition) is 1. The number of rotatable bonds is 8. The molecule has 0 heterocycles. The minimum Gasteiger partial charge on any atom is -0.465 e. The zero-order chi connectivity index (χ0) is 12.3. The molecule has 0 atom stereocenters. The Morgan fingerprint density at radius 1 is 1.12 bits per heavy atom. The molecule has 2 N–H and O–H groups in total. The first-order valence-corrected chi connectivity index (χ1v) is 6.22. The van der Waals surface area contributed by atoms with E-state index in [0.717, 1.165) is 25.7 Å². The van der Waals surface area contributed by atoms with E-state index < -0.39 is 0 Å². The lowest BCUT2D eigenvalue weighted by atomic mass is 10.2. The van der Waals surface area contributed by atoms with E-state index in [0.29, 0.717) is 19.6 Å². The van der Waals surface area contributed by atoms with Gasteiger partial charge in [-0.1, -0.05) is 36.8 Å². The Labute approximate surface area is 103 Å². The molecule has 0 radical (unpaired) electrons. The molecular weight excluding hydrogens is 214 g/mol. The van der Waals surface area contributed by atoms with Crippen LogP contribution in [0.1, 0.15) is 31.2 Å². The van der Waals surface area contributed by atoms with Crippen molar-refractivity contribution in [3.63, 3.8) is 0 Å². The number of carbonyl (C=O) groups excluding carboxylic acids is 1. The van der Waals surface area contributed by atoms with E-state index in [1.807, 2.05) is 30.3 Å². The summed E-state index contributed by atoms with van der Waals surface area (Å²) >= 11 is 0. The average molecular weight is 235 g/mol. The second-order valence-corrected chi connectivity index (χ2v) is 4.06. The molecule has 0 saturated heterocycles. The second-order valence-electron chi connectivity index (χ2n) is 4.06. The van der Waals surface area contributed by atoms with E-state index in [1.54, 1.807) is 0 Å². The van der Waals surface area contributed by atoms with Gasteiger partial charge in [0.25, 0.3) is 0 Å². The van der Waals surface area contributed by atoms with Crippen LogP contribution in [0.4, 0.5) is 0 Å². The van der Waals surface area contributed by atoms with Crippen LogP contribution in [0.2, 0.25) is 0 Å². The van der Waals surface area contributed by atoms with Gasteiger partial charge in [-0.25, -0.2) is 0 Å². The van der Waals surface area contributed by atoms with Gasteiger partial charge in [-0.3, -0.25) is 4.79 Å². The Bertz CT molecular complexity index is 311. The Morgan fingerprint density at radius 2 is 1.88 bits per heavy atom. The first kappa shape index (κ1) is 13.7. The summed E-state index contributed by atoms with van der Waals surface area (Å²) in [4.78, 5) is 11.3. The fraction of sp³-hybridized carbons (Fsp3) is 0.500. The molecule has 0 fully saturated rings. The maximum atomic E-state index is 11.3. The Hall–Kier alpha value is -1.35. The zero-order valence-corrected chi connectivity index (χ0v) is 10.2. The highest BCUT2D eigenvalue weighted by molar-refractivity contribution is 5.69. The molecule has 1 aromatic rings. The molecule has 0 aliphatic carbocycles. The monoisotopic (exact) mass is 235 g/mol. The predicted molar refractivity (Wildman–Crippen MR) is 68.6 cm³/mol. The molecule has 0 aromatic heterocycles. The van der Waals surface area contributed by atoms with Crippen molar-refractivity contribution in [3.05, 3.63) is 35.9 Å². The van der Waals surface area contributed by atoms with Crippen LogP contribution in [0.25, 0.3) is 0 Å². The standard InChI is InChI=1S/C14H21NO2/c15-11-6-2-5-9-14(16)17-12-10-13-7-3-1-4-8-13/h1,3-4,7-8H,2,5-6,9-12,15H2. The molecule has 1 rings (SSSR count). The summed E-state index contributed by atoms with van der Waals surface area (Å²) in [6.45, 7) is 1.17. The van der Waals surface area contributed by atoms with Crippen molar-refractivity contribution in [3.8, 4) is 0 Å². The summed E-state index contributed by atoms with van der Waals surface area (Å²) < 4.78 is 5.16. The van der Waals surface area contributed by atoms with Crippen molar-refractivity contribution < 1.29 is 9.53 Å². The number of benzene rings is 1. The Balaban J connectivity index is 2.04. The van der Waals surface area contributed by atoms with Gasteiger partial charge in [-0.05, 0) is 24.9 Å². The van der Waals surface area contributed by atoms with E-state index in [1.165, 1.54) is 5.56 Å². The number of esters is 1. The third-order valence-corrected chi connectivity index (χ3v) is 2.58. The molecule has 3 heteroatoms. The van der Waals surface area contributed by atoms with Crippen LogP contribution in [-0.4, -0.2) is 19.1 Å². The van der Waals surface area contributed by atoms with Gasteiger partial charge in [0.05, 0.1) is 6.61 Å². The molecule has 94 valence electrons. The van der Waals surface area contributed by atoms with Crippen molar-refractivity contribution in [2.75, 3.05) is 13.2 Å². The smallest absolute Gasteiger partial charge is 0.305 e. The Morgan fingerprint density at radius 3 is 2.59 bits per heavy atom. The molecule has 0 aliphatic rings. The van der Waals surface area contributed by atoms with Crippen LogP contribution in [0.15, 0.2) is 30.3 Å². The molecule has 0 aliphatic heterocycles. The van der Waals surface area contributed by atoms with Gasteiger partial charge in [-0.15, -0.1) is 0 Å². The van der Waals surface area contributed by atoms with E-state index in [-0.39, 0.29) is 5.97 Å². The van der Waals surface area contributed by atoms with Gasteiger partial charge in [0, 0.05) is 12.8 Å². The summed E-state index contributed by atoms with van der Waals surface area (Å²) in [6, 6.07) is 10.0. The van der Waals surface area contributed by atoms with Gasteiger partial charge < -0.3 is 10.5 Å². The summed E-state index contributed by atoms with van der Waals surface area (Å²) in [5, 5.41) is 0. The van der Waals surface area contributed by atoms with Crippen molar-refractivity contribution in [2.45, 2.75) is 32.1 Å². The molecule has 0 saturated carbocycles. The maximum absolute atomic E-state index is 11.3. The van der Waals surface area contributed by atoms with Crippen molar-refractivity contribution >= 4 is 5.97 Å². The van der Waals surface area contributed by atoms with Crippen LogP contribution in [-0.2, 0) is 16.0 Å². The van der Waals surface area contributed by atoms with Gasteiger partial charge in [0.1, 0.15) is 0 Å². The molecule has 0 bridgehead atoms. The lowest BCUT2D eigenvalue weighted by Crippen LogP contribution is -2.08. The molecule has 17 heavy (non-hydrogen) atoms. The van der Waals surface area contributed by atoms with Gasteiger partial charge >= 0.3 is 5.97 Å². The number of carbonyl (C=O) groups is 1. The first-order chi connectivity index (χ1) is 8.33. The molecule has 1 aromatic carbocycles. The van der Waals surface area contributed by atoms with Crippen molar-refractivity contribution in [1.82, 2.24) is 0 Å². The molecular formula is C14H21NO2. The van der Waals surface area contributed by atoms with Crippen LogP contribution in [0.5, 0.6) is 0 Å². The molecule has 0 spiro atoms. The van der Waals surface area contributed by atoms with Crippen molar-refractivity contribution in [2.24, 2.45) is 5.73 Å². The normalized spacial score (nSPS) is 10.2. The molecule has 0 unspecified atom stereocenters. The third kappa shape index (κ3) is 6.74. The Kier molecular flexibility index (Phi) is 7.07. The number of hydrogen-bond acceptors (Lipinski definition) is 3. The number of ether oxygens (including phenoxy) is 1.